The molecule has 1 unspecified atom stereocenters. The normalized spacial score (nSPS) is 30.1. The van der Waals surface area contributed by atoms with Crippen LogP contribution in [0.4, 0.5) is 4.79 Å². The van der Waals surface area contributed by atoms with Gasteiger partial charge in [0.05, 0.1) is 29.0 Å². The molecule has 5 fully saturated rings. The molecule has 5 rings (SSSR count). The first-order valence-electron chi connectivity index (χ1n) is 17.7. The van der Waals surface area contributed by atoms with Crippen molar-refractivity contribution in [3.8, 4) is 0 Å². The minimum absolute atomic E-state index is 0.0960. The lowest BCUT2D eigenvalue weighted by Gasteiger charge is -2.39. The summed E-state index contributed by atoms with van der Waals surface area (Å²) < 4.78 is 31.1. The number of hydrogen-bond acceptors (Lipinski definition) is 9. The van der Waals surface area contributed by atoms with Gasteiger partial charge in [-0.2, -0.15) is 0 Å². The topological polar surface area (TPSA) is 220 Å². The van der Waals surface area contributed by atoms with E-state index in [1.54, 1.807) is 0 Å². The predicted molar refractivity (Wildman–Crippen MR) is 177 cm³/mol. The SMILES string of the molecule is C[C@@]1(CN)C[C@H]2[C@H](CN(C(=O)[C@@H](NC(=O)NC3(CS(C)(=O)=O)CCCCC3)C3CCCCC3)[C@@H]2C(=O)NC(CC2CC2)C(=O)C(N)=O)O1. The Hall–Kier alpha value is -2.78. The van der Waals surface area contributed by atoms with Crippen LogP contribution in [0.25, 0.3) is 0 Å². The van der Waals surface area contributed by atoms with Gasteiger partial charge in [0.1, 0.15) is 21.9 Å². The summed E-state index contributed by atoms with van der Waals surface area (Å²) in [5, 5.41) is 8.68. The van der Waals surface area contributed by atoms with Gasteiger partial charge in [0.15, 0.2) is 0 Å². The number of nitrogens with one attached hydrogen (secondary N) is 3. The monoisotopic (exact) mass is 694 g/mol. The number of carbonyl (C=O) groups is 5. The highest BCUT2D eigenvalue weighted by molar-refractivity contribution is 7.90. The fraction of sp³-hybridized carbons (Fsp3) is 0.848. The molecular formula is C33H54N6O8S. The van der Waals surface area contributed by atoms with Crippen LogP contribution in [-0.2, 0) is 33.8 Å². The molecule has 5 amide bonds. The van der Waals surface area contributed by atoms with Gasteiger partial charge in [-0.15, -0.1) is 0 Å². The van der Waals surface area contributed by atoms with E-state index in [2.05, 4.69) is 16.0 Å². The number of primary amides is 1. The molecule has 14 nitrogen and oxygen atoms in total. The lowest BCUT2D eigenvalue weighted by molar-refractivity contribution is -0.144. The molecule has 15 heteroatoms. The van der Waals surface area contributed by atoms with Crippen LogP contribution in [0.2, 0.25) is 0 Å². The van der Waals surface area contributed by atoms with Crippen LogP contribution in [0.3, 0.4) is 0 Å². The second kappa shape index (κ2) is 14.6. The van der Waals surface area contributed by atoms with E-state index in [1.165, 1.54) is 4.90 Å². The van der Waals surface area contributed by atoms with Gasteiger partial charge in [-0.05, 0) is 57.3 Å². The molecule has 2 aliphatic heterocycles. The van der Waals surface area contributed by atoms with Crippen LogP contribution in [-0.4, -0.2) is 103 Å². The van der Waals surface area contributed by atoms with Crippen molar-refractivity contribution in [2.45, 2.75) is 132 Å². The summed E-state index contributed by atoms with van der Waals surface area (Å²) >= 11 is 0. The van der Waals surface area contributed by atoms with Gasteiger partial charge in [-0.3, -0.25) is 19.2 Å². The maximum atomic E-state index is 14.7. The molecule has 0 aromatic heterocycles. The Bertz CT molecular complexity index is 1360. The summed E-state index contributed by atoms with van der Waals surface area (Å²) in [5.41, 5.74) is 9.75. The molecule has 270 valence electrons. The quantitative estimate of drug-likeness (QED) is 0.171. The number of ether oxygens (including phenoxy) is 1. The number of rotatable bonds is 13. The van der Waals surface area contributed by atoms with Crippen LogP contribution in [0, 0.1) is 17.8 Å². The van der Waals surface area contributed by atoms with Crippen molar-refractivity contribution in [1.29, 1.82) is 0 Å². The van der Waals surface area contributed by atoms with Gasteiger partial charge in [0.2, 0.25) is 17.6 Å². The first-order valence-corrected chi connectivity index (χ1v) is 19.8. The Balaban J connectivity index is 1.41. The van der Waals surface area contributed by atoms with Crippen molar-refractivity contribution in [3.63, 3.8) is 0 Å². The molecule has 0 spiro atoms. The van der Waals surface area contributed by atoms with Gasteiger partial charge < -0.3 is 37.1 Å². The molecular weight excluding hydrogens is 640 g/mol. The van der Waals surface area contributed by atoms with Gasteiger partial charge in [-0.1, -0.05) is 51.4 Å². The van der Waals surface area contributed by atoms with Crippen molar-refractivity contribution in [1.82, 2.24) is 20.9 Å². The molecule has 0 radical (unpaired) electrons. The molecule has 7 N–H and O–H groups in total. The third kappa shape index (κ3) is 8.68. The number of urea groups is 1. The Labute approximate surface area is 283 Å². The van der Waals surface area contributed by atoms with Crippen molar-refractivity contribution >= 4 is 39.4 Å². The maximum Gasteiger partial charge on any atom is 0.315 e. The minimum atomic E-state index is -3.41. The fourth-order valence-corrected chi connectivity index (χ4v) is 10.0. The number of amides is 5. The van der Waals surface area contributed by atoms with E-state index >= 15 is 0 Å². The lowest BCUT2D eigenvalue weighted by Crippen LogP contribution is -2.62. The molecule has 5 aliphatic rings. The second-order valence-electron chi connectivity index (χ2n) is 15.5. The van der Waals surface area contributed by atoms with E-state index in [9.17, 15) is 32.4 Å². The van der Waals surface area contributed by atoms with Crippen LogP contribution >= 0.6 is 0 Å². The zero-order chi connectivity index (χ0) is 34.9. The first-order chi connectivity index (χ1) is 22.6. The highest BCUT2D eigenvalue weighted by atomic mass is 32.2. The van der Waals surface area contributed by atoms with Crippen molar-refractivity contribution in [3.05, 3.63) is 0 Å². The predicted octanol–water partition coefficient (Wildman–Crippen LogP) is 0.655. The third-order valence-corrected chi connectivity index (χ3v) is 12.3. The summed E-state index contributed by atoms with van der Waals surface area (Å²) in [6.07, 6.45) is 10.9. The molecule has 2 saturated heterocycles. The standard InChI is InChI=1S/C33H54N6O8S/c1-32(18-34)16-22-24(47-32)17-39(26(22)29(42)36-23(15-20-11-12-20)27(40)28(35)41)30(43)25(21-9-5-3-6-10-21)37-31(44)38-33(19-48(2,45)46)13-7-4-8-14-33/h20-26H,3-19,34H2,1-2H3,(H2,35,41)(H,36,42)(H2,37,38,44)/t22-,23?,24-,25-,26-,32-/m0/s1. The van der Waals surface area contributed by atoms with Crippen molar-refractivity contribution in [2.75, 3.05) is 25.1 Å². The van der Waals surface area contributed by atoms with Gasteiger partial charge in [0, 0.05) is 25.3 Å². The second-order valence-corrected chi connectivity index (χ2v) is 17.6. The number of nitrogens with zero attached hydrogens (tertiary/aromatic N) is 1. The number of hydrogen-bond donors (Lipinski definition) is 5. The Morgan fingerprint density at radius 3 is 2.19 bits per heavy atom. The van der Waals surface area contributed by atoms with Gasteiger partial charge in [-0.25, -0.2) is 13.2 Å². The van der Waals surface area contributed by atoms with Crippen LogP contribution in [0.1, 0.15) is 96.8 Å². The number of nitrogens with two attached hydrogens (primary N) is 2. The molecule has 48 heavy (non-hydrogen) atoms. The number of fused-ring (bicyclic) bond motifs is 1. The molecule has 2 heterocycles. The van der Waals surface area contributed by atoms with Crippen LogP contribution in [0.15, 0.2) is 0 Å². The maximum absolute atomic E-state index is 14.7. The molecule has 3 aliphatic carbocycles. The average molecular weight is 695 g/mol. The van der Waals surface area contributed by atoms with Gasteiger partial charge >= 0.3 is 6.03 Å². The molecule has 3 saturated carbocycles. The number of sulfone groups is 1. The average Bonchev–Trinajstić information content (AvgIpc) is 3.69. The zero-order valence-electron chi connectivity index (χ0n) is 28.3. The van der Waals surface area contributed by atoms with E-state index in [-0.39, 0.29) is 30.7 Å². The lowest BCUT2D eigenvalue weighted by atomic mass is 9.82. The molecule has 0 aromatic carbocycles. The number of ketones is 1. The summed E-state index contributed by atoms with van der Waals surface area (Å²) in [6.45, 7) is 2.18. The summed E-state index contributed by atoms with van der Waals surface area (Å²) in [7, 11) is -3.41. The molecule has 6 atom stereocenters. The molecule has 0 aromatic rings. The Morgan fingerprint density at radius 1 is 0.958 bits per heavy atom. The largest absolute Gasteiger partial charge is 0.368 e. The summed E-state index contributed by atoms with van der Waals surface area (Å²) in [4.78, 5) is 68.6. The van der Waals surface area contributed by atoms with Crippen LogP contribution in [0.5, 0.6) is 0 Å². The number of Topliss-reactive ketones (excluding diaryl/α,β-unsaturated/α-hetero) is 1. The number of likely N-dealkylation sites (tertiary alicyclic amines) is 1. The first kappa shape index (κ1) is 36.5. The van der Waals surface area contributed by atoms with Crippen LogP contribution < -0.4 is 27.4 Å². The highest BCUT2D eigenvalue weighted by Crippen LogP contribution is 2.44. The fourth-order valence-electron chi connectivity index (χ4n) is 8.68. The van der Waals surface area contributed by atoms with Crippen molar-refractivity contribution in [2.24, 2.45) is 29.2 Å². The highest BCUT2D eigenvalue weighted by Gasteiger charge is 2.57. The van der Waals surface area contributed by atoms with E-state index < -0.39 is 80.7 Å². The smallest absolute Gasteiger partial charge is 0.315 e. The Morgan fingerprint density at radius 2 is 1.60 bits per heavy atom. The minimum Gasteiger partial charge on any atom is -0.368 e. The summed E-state index contributed by atoms with van der Waals surface area (Å²) in [6, 6.07) is -3.69. The third-order valence-electron chi connectivity index (χ3n) is 11.2. The van der Waals surface area contributed by atoms with Gasteiger partial charge in [0.25, 0.3) is 5.91 Å². The number of carbonyl (C=O) groups excluding carboxylic acids is 5. The van der Waals surface area contributed by atoms with E-state index in [0.717, 1.165) is 57.6 Å². The Kier molecular flexibility index (Phi) is 11.1. The van der Waals surface area contributed by atoms with E-state index in [4.69, 9.17) is 16.2 Å². The van der Waals surface area contributed by atoms with E-state index in [0.29, 0.717) is 38.5 Å². The zero-order valence-corrected chi connectivity index (χ0v) is 29.2. The van der Waals surface area contributed by atoms with E-state index in [1.807, 2.05) is 6.92 Å². The van der Waals surface area contributed by atoms with Crippen molar-refractivity contribution < 1.29 is 37.1 Å². The molecule has 0 bridgehead atoms. The summed E-state index contributed by atoms with van der Waals surface area (Å²) in [5.74, 6) is -3.58.